The van der Waals surface area contributed by atoms with Crippen molar-refractivity contribution < 1.29 is 23.5 Å². The molecule has 0 unspecified atom stereocenters. The summed E-state index contributed by atoms with van der Waals surface area (Å²) in [6.45, 7) is 5.77. The molecule has 0 bridgehead atoms. The van der Waals surface area contributed by atoms with Crippen molar-refractivity contribution in [3.05, 3.63) is 53.8 Å². The summed E-state index contributed by atoms with van der Waals surface area (Å²) >= 11 is 0. The Morgan fingerprint density at radius 2 is 1.85 bits per heavy atom. The molecule has 1 aliphatic heterocycles. The zero-order chi connectivity index (χ0) is 24.8. The number of ether oxygens (including phenoxy) is 2. The van der Waals surface area contributed by atoms with Crippen LogP contribution in [0.1, 0.15) is 24.2 Å². The number of urea groups is 1. The number of amides is 3. The number of likely N-dealkylation sites (N-methyl/N-ethyl adjacent to an activating group) is 2. The third-order valence-electron chi connectivity index (χ3n) is 6.14. The Bertz CT molecular complexity index is 1020. The molecule has 0 fully saturated rings. The standard InChI is InChI=1S/C25H33FN4O4/c1-16-13-29(3)17(2)15-34-22-11-10-18(12-19(22)24(31)30(4)14-23(16)33-5)27-25(32)28-21-9-7-6-8-20(21)26/h6-12,16-17,23H,13-15H2,1-5H3,(H2,27,28,32)/t16-,17-,23+/m1/s1. The van der Waals surface area contributed by atoms with Crippen LogP contribution in [0, 0.1) is 11.7 Å². The van der Waals surface area contributed by atoms with Gasteiger partial charge < -0.3 is 25.0 Å². The molecule has 2 aromatic rings. The molecule has 34 heavy (non-hydrogen) atoms. The molecule has 0 radical (unpaired) electrons. The molecular weight excluding hydrogens is 439 g/mol. The van der Waals surface area contributed by atoms with Crippen LogP contribution < -0.4 is 15.4 Å². The Balaban J connectivity index is 1.85. The van der Waals surface area contributed by atoms with Crippen LogP contribution >= 0.6 is 0 Å². The first-order valence-electron chi connectivity index (χ1n) is 11.3. The minimum Gasteiger partial charge on any atom is -0.491 e. The highest BCUT2D eigenvalue weighted by Gasteiger charge is 2.27. The van der Waals surface area contributed by atoms with E-state index in [-0.39, 0.29) is 29.7 Å². The van der Waals surface area contributed by atoms with Crippen molar-refractivity contribution in [2.75, 3.05) is 51.5 Å². The number of nitrogens with zero attached hydrogens (tertiary/aromatic N) is 2. The molecule has 0 spiro atoms. The number of fused-ring (bicyclic) bond motifs is 1. The fourth-order valence-electron chi connectivity index (χ4n) is 3.88. The summed E-state index contributed by atoms with van der Waals surface area (Å²) in [6, 6.07) is 10.3. The molecule has 1 aliphatic rings. The highest BCUT2D eigenvalue weighted by atomic mass is 19.1. The highest BCUT2D eigenvalue weighted by Crippen LogP contribution is 2.26. The van der Waals surface area contributed by atoms with Crippen molar-refractivity contribution in [3.8, 4) is 5.75 Å². The van der Waals surface area contributed by atoms with E-state index in [1.807, 2.05) is 7.05 Å². The number of hydrogen-bond donors (Lipinski definition) is 2. The average Bonchev–Trinajstić information content (AvgIpc) is 2.81. The second kappa shape index (κ2) is 11.3. The zero-order valence-corrected chi connectivity index (χ0v) is 20.3. The van der Waals surface area contributed by atoms with Gasteiger partial charge in [0, 0.05) is 39.0 Å². The van der Waals surface area contributed by atoms with Crippen LogP contribution in [-0.2, 0) is 4.74 Å². The SMILES string of the molecule is CO[C@H]1CN(C)C(=O)c2cc(NC(=O)Nc3ccccc3F)ccc2OC[C@@H](C)N(C)C[C@H]1C. The number of carbonyl (C=O) groups excluding carboxylic acids is 2. The van der Waals surface area contributed by atoms with Crippen LogP contribution in [0.25, 0.3) is 0 Å². The normalized spacial score (nSPS) is 22.1. The Hall–Kier alpha value is -3.17. The maximum absolute atomic E-state index is 13.8. The molecule has 9 heteroatoms. The molecule has 0 aromatic heterocycles. The van der Waals surface area contributed by atoms with E-state index < -0.39 is 11.8 Å². The number of anilines is 2. The van der Waals surface area contributed by atoms with Crippen LogP contribution in [0.5, 0.6) is 5.75 Å². The van der Waals surface area contributed by atoms with Gasteiger partial charge in [-0.2, -0.15) is 0 Å². The van der Waals surface area contributed by atoms with Crippen LogP contribution in [-0.4, -0.2) is 74.8 Å². The largest absolute Gasteiger partial charge is 0.491 e. The first-order chi connectivity index (χ1) is 16.2. The summed E-state index contributed by atoms with van der Waals surface area (Å²) in [5.74, 6) is -0.160. The van der Waals surface area contributed by atoms with Gasteiger partial charge >= 0.3 is 6.03 Å². The molecular formula is C25H33FN4O4. The number of para-hydroxylation sites is 1. The lowest BCUT2D eigenvalue weighted by atomic mass is 10.0. The first kappa shape index (κ1) is 25.5. The molecule has 0 saturated carbocycles. The van der Waals surface area contributed by atoms with Crippen LogP contribution in [0.2, 0.25) is 0 Å². The van der Waals surface area contributed by atoms with E-state index in [0.717, 1.165) is 6.54 Å². The number of halogens is 1. The second-order valence-corrected chi connectivity index (χ2v) is 8.81. The number of hydrogen-bond acceptors (Lipinski definition) is 5. The van der Waals surface area contributed by atoms with Crippen molar-refractivity contribution >= 4 is 23.3 Å². The van der Waals surface area contributed by atoms with E-state index in [1.165, 1.54) is 18.2 Å². The maximum atomic E-state index is 13.8. The van der Waals surface area contributed by atoms with Gasteiger partial charge in [0.2, 0.25) is 0 Å². The third kappa shape index (κ3) is 6.24. The first-order valence-corrected chi connectivity index (χ1v) is 11.3. The van der Waals surface area contributed by atoms with E-state index >= 15 is 0 Å². The minimum atomic E-state index is -0.622. The molecule has 0 aliphatic carbocycles. The van der Waals surface area contributed by atoms with Gasteiger partial charge in [-0.25, -0.2) is 9.18 Å². The van der Waals surface area contributed by atoms with Crippen molar-refractivity contribution in [2.24, 2.45) is 5.92 Å². The van der Waals surface area contributed by atoms with Gasteiger partial charge in [-0.05, 0) is 50.2 Å². The molecule has 184 valence electrons. The monoisotopic (exact) mass is 472 g/mol. The van der Waals surface area contributed by atoms with Crippen molar-refractivity contribution in [1.29, 1.82) is 0 Å². The van der Waals surface area contributed by atoms with Gasteiger partial charge in [-0.15, -0.1) is 0 Å². The predicted molar refractivity (Wildman–Crippen MR) is 130 cm³/mol. The van der Waals surface area contributed by atoms with Crippen molar-refractivity contribution in [3.63, 3.8) is 0 Å². The van der Waals surface area contributed by atoms with E-state index in [2.05, 4.69) is 29.4 Å². The number of carbonyl (C=O) groups is 2. The molecule has 8 nitrogen and oxygen atoms in total. The fraction of sp³-hybridized carbons (Fsp3) is 0.440. The predicted octanol–water partition coefficient (Wildman–Crippen LogP) is 3.91. The summed E-state index contributed by atoms with van der Waals surface area (Å²) in [5, 5.41) is 5.13. The molecule has 1 heterocycles. The lowest BCUT2D eigenvalue weighted by molar-refractivity contribution is 0.0150. The van der Waals surface area contributed by atoms with Crippen LogP contribution in [0.4, 0.5) is 20.6 Å². The van der Waals surface area contributed by atoms with E-state index in [1.54, 1.807) is 43.3 Å². The Labute approximate surface area is 200 Å². The van der Waals surface area contributed by atoms with E-state index in [4.69, 9.17) is 9.47 Å². The van der Waals surface area contributed by atoms with E-state index in [9.17, 15) is 14.0 Å². The number of methoxy groups -OCH3 is 1. The van der Waals surface area contributed by atoms with Crippen LogP contribution in [0.3, 0.4) is 0 Å². The molecule has 2 aromatic carbocycles. The van der Waals surface area contributed by atoms with Crippen LogP contribution in [0.15, 0.2) is 42.5 Å². The van der Waals surface area contributed by atoms with Gasteiger partial charge in [0.1, 0.15) is 18.2 Å². The van der Waals surface area contributed by atoms with Gasteiger partial charge in [-0.3, -0.25) is 9.69 Å². The lowest BCUT2D eigenvalue weighted by Gasteiger charge is -2.34. The average molecular weight is 473 g/mol. The topological polar surface area (TPSA) is 83.1 Å². The minimum absolute atomic E-state index is 0.0586. The summed E-state index contributed by atoms with van der Waals surface area (Å²) in [4.78, 5) is 29.6. The summed E-state index contributed by atoms with van der Waals surface area (Å²) < 4.78 is 25.6. The van der Waals surface area contributed by atoms with Gasteiger partial charge in [0.05, 0.1) is 17.4 Å². The zero-order valence-electron chi connectivity index (χ0n) is 20.3. The molecule has 3 atom stereocenters. The van der Waals surface area contributed by atoms with Crippen molar-refractivity contribution in [2.45, 2.75) is 26.0 Å². The quantitative estimate of drug-likeness (QED) is 0.708. The Kier molecular flexibility index (Phi) is 8.46. The van der Waals surface area contributed by atoms with E-state index in [0.29, 0.717) is 30.2 Å². The second-order valence-electron chi connectivity index (χ2n) is 8.81. The maximum Gasteiger partial charge on any atom is 0.323 e. The Morgan fingerprint density at radius 1 is 1.12 bits per heavy atom. The van der Waals surface area contributed by atoms with Gasteiger partial charge in [0.15, 0.2) is 0 Å². The molecule has 2 N–H and O–H groups in total. The van der Waals surface area contributed by atoms with Gasteiger partial charge in [0.25, 0.3) is 5.91 Å². The summed E-state index contributed by atoms with van der Waals surface area (Å²) in [7, 11) is 5.41. The molecule has 0 saturated heterocycles. The third-order valence-corrected chi connectivity index (χ3v) is 6.14. The smallest absolute Gasteiger partial charge is 0.323 e. The van der Waals surface area contributed by atoms with Crippen molar-refractivity contribution in [1.82, 2.24) is 9.80 Å². The number of rotatable bonds is 3. The summed E-state index contributed by atoms with van der Waals surface area (Å²) in [6.07, 6.45) is -0.139. The summed E-state index contributed by atoms with van der Waals surface area (Å²) in [5.41, 5.74) is 0.763. The fourth-order valence-corrected chi connectivity index (χ4v) is 3.88. The molecule has 3 amide bonds. The van der Waals surface area contributed by atoms with Gasteiger partial charge in [-0.1, -0.05) is 19.1 Å². The number of nitrogens with one attached hydrogen (secondary N) is 2. The number of benzene rings is 2. The Morgan fingerprint density at radius 3 is 2.56 bits per heavy atom. The lowest BCUT2D eigenvalue weighted by Crippen LogP contribution is -2.45. The molecule has 3 rings (SSSR count). The highest BCUT2D eigenvalue weighted by molar-refractivity contribution is 6.02.